The van der Waals surface area contributed by atoms with E-state index in [9.17, 15) is 0 Å². The van der Waals surface area contributed by atoms with E-state index in [0.29, 0.717) is 17.9 Å². The van der Waals surface area contributed by atoms with E-state index in [0.717, 1.165) is 0 Å². The Kier molecular flexibility index (Phi) is 3.83. The number of hydrogen-bond donors (Lipinski definition) is 0. The first-order valence-electron chi connectivity index (χ1n) is 8.88. The lowest BCUT2D eigenvalue weighted by atomic mass is 9.84. The Labute approximate surface area is 145 Å². The number of nitrogens with zero attached hydrogens (tertiary/aromatic N) is 1. The summed E-state index contributed by atoms with van der Waals surface area (Å²) in [5, 5.41) is 1.51. The van der Waals surface area contributed by atoms with Gasteiger partial charge in [-0.3, -0.25) is 0 Å². The van der Waals surface area contributed by atoms with Crippen LogP contribution in [0.4, 0.5) is 5.69 Å². The number of benzene rings is 1. The van der Waals surface area contributed by atoms with Crippen LogP contribution < -0.4 is 4.90 Å². The fourth-order valence-corrected chi connectivity index (χ4v) is 6.10. The number of rotatable bonds is 1. The summed E-state index contributed by atoms with van der Waals surface area (Å²) in [4.78, 5) is 4.14. The largest absolute Gasteiger partial charge is 0.363 e. The second kappa shape index (κ2) is 5.24. The lowest BCUT2D eigenvalue weighted by Gasteiger charge is -2.40. The van der Waals surface area contributed by atoms with Gasteiger partial charge in [0.1, 0.15) is 0 Å². The molecule has 126 valence electrons. The monoisotopic (exact) mass is 329 g/mol. The van der Waals surface area contributed by atoms with Gasteiger partial charge in [0.25, 0.3) is 0 Å². The molecule has 1 nitrogen and oxygen atoms in total. The summed E-state index contributed by atoms with van der Waals surface area (Å²) in [6, 6.07) is 3.01. The average Bonchev–Trinajstić information content (AvgIpc) is 2.84. The minimum Gasteiger partial charge on any atom is -0.363 e. The second-order valence-electron chi connectivity index (χ2n) is 8.66. The van der Waals surface area contributed by atoms with Crippen molar-refractivity contribution in [1.82, 2.24) is 0 Å². The van der Waals surface area contributed by atoms with E-state index < -0.39 is 0 Å². The van der Waals surface area contributed by atoms with Crippen LogP contribution >= 0.6 is 11.3 Å². The third-order valence-corrected chi connectivity index (χ3v) is 6.85. The first kappa shape index (κ1) is 16.8. The number of fused-ring (bicyclic) bond motifs is 3. The molecule has 2 unspecified atom stereocenters. The molecule has 2 atom stereocenters. The highest BCUT2D eigenvalue weighted by Gasteiger charge is 2.43. The predicted molar refractivity (Wildman–Crippen MR) is 105 cm³/mol. The van der Waals surface area contributed by atoms with Crippen LogP contribution in [0.3, 0.4) is 0 Å². The molecule has 0 aliphatic carbocycles. The third kappa shape index (κ3) is 2.33. The van der Waals surface area contributed by atoms with Gasteiger partial charge in [-0.25, -0.2) is 0 Å². The van der Waals surface area contributed by atoms with Crippen LogP contribution in [0.2, 0.25) is 0 Å². The van der Waals surface area contributed by atoms with Crippen molar-refractivity contribution in [1.29, 1.82) is 0 Å². The zero-order valence-corrected chi connectivity index (χ0v) is 17.0. The van der Waals surface area contributed by atoms with Crippen molar-refractivity contribution in [2.75, 3.05) is 4.90 Å². The molecule has 1 aromatic heterocycles. The number of hydrogen-bond acceptors (Lipinski definition) is 2. The van der Waals surface area contributed by atoms with Crippen LogP contribution in [0.15, 0.2) is 6.07 Å². The van der Waals surface area contributed by atoms with E-state index in [1.54, 1.807) is 10.3 Å². The molecule has 2 heteroatoms. The lowest BCUT2D eigenvalue weighted by Crippen LogP contribution is -2.46. The van der Waals surface area contributed by atoms with Gasteiger partial charge < -0.3 is 4.90 Å². The molecule has 1 aliphatic rings. The maximum atomic E-state index is 2.67. The Morgan fingerprint density at radius 1 is 1.13 bits per heavy atom. The molecule has 0 fully saturated rings. The van der Waals surface area contributed by atoms with Gasteiger partial charge in [-0.05, 0) is 82.5 Å². The molecule has 0 saturated carbocycles. The van der Waals surface area contributed by atoms with Crippen molar-refractivity contribution < 1.29 is 0 Å². The van der Waals surface area contributed by atoms with Gasteiger partial charge in [-0.15, -0.1) is 11.3 Å². The van der Waals surface area contributed by atoms with E-state index in [2.05, 4.69) is 73.3 Å². The van der Waals surface area contributed by atoms with Crippen LogP contribution in [-0.4, -0.2) is 11.6 Å². The predicted octanol–water partition coefficient (Wildman–Crippen LogP) is 6.57. The maximum absolute atomic E-state index is 2.67. The highest BCUT2D eigenvalue weighted by Crippen LogP contribution is 2.53. The third-order valence-electron chi connectivity index (χ3n) is 5.61. The summed E-state index contributed by atoms with van der Waals surface area (Å²) >= 11 is 2.01. The van der Waals surface area contributed by atoms with E-state index >= 15 is 0 Å². The Morgan fingerprint density at radius 2 is 1.74 bits per heavy atom. The van der Waals surface area contributed by atoms with Crippen LogP contribution in [0.25, 0.3) is 10.1 Å². The Bertz CT molecular complexity index is 760. The summed E-state index contributed by atoms with van der Waals surface area (Å²) in [6.07, 6.45) is 0. The van der Waals surface area contributed by atoms with E-state index in [-0.39, 0.29) is 5.54 Å². The summed E-state index contributed by atoms with van der Waals surface area (Å²) in [5.41, 5.74) is 6.17. The van der Waals surface area contributed by atoms with Crippen molar-refractivity contribution >= 4 is 27.1 Å². The maximum Gasteiger partial charge on any atom is 0.0426 e. The Hall–Kier alpha value is -1.02. The minimum absolute atomic E-state index is 0.152. The smallest absolute Gasteiger partial charge is 0.0426 e. The van der Waals surface area contributed by atoms with Gasteiger partial charge in [0.2, 0.25) is 0 Å². The molecule has 1 aliphatic heterocycles. The molecule has 0 bridgehead atoms. The van der Waals surface area contributed by atoms with Gasteiger partial charge in [-0.2, -0.15) is 0 Å². The van der Waals surface area contributed by atoms with E-state index in [4.69, 9.17) is 0 Å². The Morgan fingerprint density at radius 3 is 2.26 bits per heavy atom. The quantitative estimate of drug-likeness (QED) is 0.571. The minimum atomic E-state index is 0.152. The summed E-state index contributed by atoms with van der Waals surface area (Å²) in [6.45, 7) is 21.1. The summed E-state index contributed by atoms with van der Waals surface area (Å²) < 4.78 is 1.55. The molecule has 0 radical (unpaired) electrons. The van der Waals surface area contributed by atoms with Crippen molar-refractivity contribution in [3.8, 4) is 0 Å². The van der Waals surface area contributed by atoms with Crippen molar-refractivity contribution in [3.63, 3.8) is 0 Å². The highest BCUT2D eigenvalue weighted by molar-refractivity contribution is 7.19. The standard InChI is InChI=1S/C21H31NS/c1-11(2)17-14(5)22(21(7,8)9)16-10-12(3)18-13(4)15(6)23-20(18)19(16)17/h10-11,14,17H,1-9H3. The van der Waals surface area contributed by atoms with Gasteiger partial charge in [0.15, 0.2) is 0 Å². The number of aryl methyl sites for hydroxylation is 3. The van der Waals surface area contributed by atoms with Gasteiger partial charge in [0.05, 0.1) is 0 Å². The zero-order chi connectivity index (χ0) is 17.3. The fourth-order valence-electron chi connectivity index (χ4n) is 4.77. The summed E-state index contributed by atoms with van der Waals surface area (Å²) in [5.74, 6) is 1.27. The molecule has 2 heterocycles. The summed E-state index contributed by atoms with van der Waals surface area (Å²) in [7, 11) is 0. The molecule has 0 N–H and O–H groups in total. The normalized spacial score (nSPS) is 21.6. The molecule has 23 heavy (non-hydrogen) atoms. The zero-order valence-electron chi connectivity index (χ0n) is 16.2. The highest BCUT2D eigenvalue weighted by atomic mass is 32.1. The van der Waals surface area contributed by atoms with Crippen molar-refractivity contribution in [3.05, 3.63) is 27.6 Å². The van der Waals surface area contributed by atoms with Crippen LogP contribution in [-0.2, 0) is 0 Å². The Balaban J connectivity index is 2.41. The SMILES string of the molecule is Cc1sc2c3c(cc(C)c2c1C)N(C(C)(C)C)C(C)C3C(C)C. The van der Waals surface area contributed by atoms with Gasteiger partial charge >= 0.3 is 0 Å². The van der Waals surface area contributed by atoms with Crippen LogP contribution in [0.5, 0.6) is 0 Å². The van der Waals surface area contributed by atoms with E-state index in [1.165, 1.54) is 27.1 Å². The van der Waals surface area contributed by atoms with Crippen molar-refractivity contribution in [2.24, 2.45) is 5.92 Å². The molecule has 2 aromatic rings. The number of anilines is 1. The first-order chi connectivity index (χ1) is 10.6. The molecule has 3 rings (SSSR count). The van der Waals surface area contributed by atoms with Crippen molar-refractivity contribution in [2.45, 2.75) is 79.8 Å². The molecule has 0 saturated heterocycles. The first-order valence-corrected chi connectivity index (χ1v) is 9.69. The van der Waals surface area contributed by atoms with Crippen LogP contribution in [0.1, 0.15) is 69.0 Å². The van der Waals surface area contributed by atoms with Gasteiger partial charge in [-0.1, -0.05) is 13.8 Å². The molecule has 0 amide bonds. The molecule has 1 aromatic carbocycles. The molecular formula is C21H31NS. The lowest BCUT2D eigenvalue weighted by molar-refractivity contribution is 0.387. The topological polar surface area (TPSA) is 3.24 Å². The number of thiophene rings is 1. The van der Waals surface area contributed by atoms with E-state index in [1.807, 2.05) is 11.3 Å². The molecule has 0 spiro atoms. The van der Waals surface area contributed by atoms with Gasteiger partial charge in [0, 0.05) is 32.8 Å². The fraction of sp³-hybridized carbons (Fsp3) is 0.619. The van der Waals surface area contributed by atoms with Crippen LogP contribution in [0, 0.1) is 26.7 Å². The molecular weight excluding hydrogens is 298 g/mol. The second-order valence-corrected chi connectivity index (χ2v) is 9.89. The average molecular weight is 330 g/mol.